The lowest BCUT2D eigenvalue weighted by molar-refractivity contribution is -0.165. The molecule has 0 saturated heterocycles. The van der Waals surface area contributed by atoms with Crippen LogP contribution < -0.4 is 5.73 Å². The van der Waals surface area contributed by atoms with Crippen molar-refractivity contribution in [2.75, 3.05) is 18.1 Å². The van der Waals surface area contributed by atoms with E-state index in [1.807, 2.05) is 13.8 Å². The van der Waals surface area contributed by atoms with E-state index in [0.717, 1.165) is 0 Å². The highest BCUT2D eigenvalue weighted by molar-refractivity contribution is 7.84. The second-order valence-electron chi connectivity index (χ2n) is 3.97. The number of hydrogen-bond donors (Lipinski definition) is 1. The van der Waals surface area contributed by atoms with E-state index < -0.39 is 29.4 Å². The first kappa shape index (κ1) is 14.9. The van der Waals surface area contributed by atoms with E-state index in [1.165, 1.54) is 0 Å². The van der Waals surface area contributed by atoms with Gasteiger partial charge in [0.25, 0.3) is 0 Å². The molecule has 2 nitrogen and oxygen atoms in total. The first-order chi connectivity index (χ1) is 6.77. The third kappa shape index (κ3) is 6.89. The minimum atomic E-state index is -4.33. The van der Waals surface area contributed by atoms with Gasteiger partial charge in [0.1, 0.15) is 0 Å². The lowest BCUT2D eigenvalue weighted by Crippen LogP contribution is -2.35. The maximum absolute atomic E-state index is 12.3. The van der Waals surface area contributed by atoms with Crippen LogP contribution in [0.15, 0.2) is 0 Å². The highest BCUT2D eigenvalue weighted by atomic mass is 32.2. The van der Waals surface area contributed by atoms with Crippen LogP contribution in [0.3, 0.4) is 0 Å². The van der Waals surface area contributed by atoms with Crippen molar-refractivity contribution in [3.63, 3.8) is 0 Å². The molecule has 0 amide bonds. The summed E-state index contributed by atoms with van der Waals surface area (Å²) in [4.78, 5) is 0. The van der Waals surface area contributed by atoms with Crippen LogP contribution in [0.5, 0.6) is 0 Å². The van der Waals surface area contributed by atoms with Gasteiger partial charge in [0, 0.05) is 28.9 Å². The molecule has 0 fully saturated rings. The third-order valence-electron chi connectivity index (χ3n) is 2.06. The molecular formula is C9H18F3NOS. The van der Waals surface area contributed by atoms with Gasteiger partial charge in [-0.15, -0.1) is 0 Å². The number of rotatable bonds is 6. The first-order valence-electron chi connectivity index (χ1n) is 4.89. The zero-order valence-electron chi connectivity index (χ0n) is 9.01. The van der Waals surface area contributed by atoms with E-state index in [1.54, 1.807) is 0 Å². The largest absolute Gasteiger partial charge is 0.393 e. The van der Waals surface area contributed by atoms with Gasteiger partial charge in [0.2, 0.25) is 0 Å². The molecule has 2 N–H and O–H groups in total. The van der Waals surface area contributed by atoms with Crippen LogP contribution in [0.25, 0.3) is 0 Å². The molecule has 0 saturated carbocycles. The average molecular weight is 245 g/mol. The molecule has 0 aromatic carbocycles. The fraction of sp³-hybridized carbons (Fsp3) is 1.00. The van der Waals surface area contributed by atoms with E-state index in [4.69, 9.17) is 5.73 Å². The number of alkyl halides is 3. The molecule has 15 heavy (non-hydrogen) atoms. The summed E-state index contributed by atoms with van der Waals surface area (Å²) < 4.78 is 48.1. The van der Waals surface area contributed by atoms with Crippen molar-refractivity contribution in [1.29, 1.82) is 0 Å². The Morgan fingerprint density at radius 3 is 2.20 bits per heavy atom. The highest BCUT2D eigenvalue weighted by Gasteiger charge is 2.39. The van der Waals surface area contributed by atoms with E-state index in [-0.39, 0.29) is 5.75 Å². The Morgan fingerprint density at radius 1 is 1.33 bits per heavy atom. The molecule has 0 aliphatic heterocycles. The van der Waals surface area contributed by atoms with Crippen LogP contribution in [-0.4, -0.2) is 28.4 Å². The van der Waals surface area contributed by atoms with Crippen LogP contribution in [-0.2, 0) is 10.8 Å². The Hall–Kier alpha value is -0.100. The SMILES string of the molecule is CC(C)CCS(=O)CC(CN)C(F)(F)F. The fourth-order valence-electron chi connectivity index (χ4n) is 0.971. The van der Waals surface area contributed by atoms with Crippen molar-refractivity contribution < 1.29 is 17.4 Å². The molecule has 0 rings (SSSR count). The molecule has 2 atom stereocenters. The molecule has 0 aromatic rings. The van der Waals surface area contributed by atoms with Crippen molar-refractivity contribution in [3.05, 3.63) is 0 Å². The van der Waals surface area contributed by atoms with E-state index in [2.05, 4.69) is 0 Å². The Balaban J connectivity index is 4.03. The maximum Gasteiger partial charge on any atom is 0.393 e. The quantitative estimate of drug-likeness (QED) is 0.777. The zero-order chi connectivity index (χ0) is 12.1. The summed E-state index contributed by atoms with van der Waals surface area (Å²) in [5.41, 5.74) is 5.01. The highest BCUT2D eigenvalue weighted by Crippen LogP contribution is 2.26. The van der Waals surface area contributed by atoms with Crippen LogP contribution in [0, 0.1) is 11.8 Å². The number of hydrogen-bond acceptors (Lipinski definition) is 2. The second-order valence-corrected chi connectivity index (χ2v) is 5.59. The standard InChI is InChI=1S/C9H18F3NOS/c1-7(2)3-4-15(14)6-8(5-13)9(10,11)12/h7-8H,3-6,13H2,1-2H3. The minimum absolute atomic E-state index is 0.324. The fourth-order valence-corrected chi connectivity index (χ4v) is 2.65. The normalized spacial score (nSPS) is 16.7. The second kappa shape index (κ2) is 6.48. The van der Waals surface area contributed by atoms with Gasteiger partial charge in [-0.3, -0.25) is 4.21 Å². The smallest absolute Gasteiger partial charge is 0.330 e. The van der Waals surface area contributed by atoms with Crippen LogP contribution in [0.4, 0.5) is 13.2 Å². The van der Waals surface area contributed by atoms with Gasteiger partial charge in [0.05, 0.1) is 5.92 Å². The molecular weight excluding hydrogens is 227 g/mol. The van der Waals surface area contributed by atoms with E-state index in [0.29, 0.717) is 18.1 Å². The van der Waals surface area contributed by atoms with Gasteiger partial charge in [-0.25, -0.2) is 0 Å². The first-order valence-corrected chi connectivity index (χ1v) is 6.38. The molecule has 0 aromatic heterocycles. The summed E-state index contributed by atoms with van der Waals surface area (Å²) in [6, 6.07) is 0. The predicted molar refractivity (Wildman–Crippen MR) is 55.9 cm³/mol. The van der Waals surface area contributed by atoms with Gasteiger partial charge in [-0.05, 0) is 12.3 Å². The van der Waals surface area contributed by atoms with Crippen molar-refractivity contribution in [2.24, 2.45) is 17.6 Å². The molecule has 0 heterocycles. The van der Waals surface area contributed by atoms with Crippen molar-refractivity contribution in [2.45, 2.75) is 26.4 Å². The monoisotopic (exact) mass is 245 g/mol. The summed E-state index contributed by atoms with van der Waals surface area (Å²) in [6.07, 6.45) is -3.65. The minimum Gasteiger partial charge on any atom is -0.330 e. The lowest BCUT2D eigenvalue weighted by atomic mass is 10.2. The Labute approximate surface area is 90.9 Å². The van der Waals surface area contributed by atoms with E-state index in [9.17, 15) is 17.4 Å². The predicted octanol–water partition coefficient (Wildman–Crippen LogP) is 1.92. The molecule has 0 aliphatic rings. The van der Waals surface area contributed by atoms with Crippen LogP contribution in [0.2, 0.25) is 0 Å². The molecule has 6 heteroatoms. The summed E-state index contributed by atoms with van der Waals surface area (Å²) in [5.74, 6) is -1.32. The van der Waals surface area contributed by atoms with Gasteiger partial charge >= 0.3 is 6.18 Å². The molecule has 0 bridgehead atoms. The Kier molecular flexibility index (Phi) is 6.43. The van der Waals surface area contributed by atoms with Crippen molar-refractivity contribution in [3.8, 4) is 0 Å². The van der Waals surface area contributed by atoms with Gasteiger partial charge in [-0.1, -0.05) is 13.8 Å². The van der Waals surface area contributed by atoms with Crippen molar-refractivity contribution in [1.82, 2.24) is 0 Å². The van der Waals surface area contributed by atoms with Gasteiger partial charge in [0.15, 0.2) is 0 Å². The van der Waals surface area contributed by atoms with E-state index >= 15 is 0 Å². The topological polar surface area (TPSA) is 43.1 Å². The maximum atomic E-state index is 12.3. The molecule has 0 radical (unpaired) electrons. The third-order valence-corrected chi connectivity index (χ3v) is 3.52. The van der Waals surface area contributed by atoms with Gasteiger partial charge < -0.3 is 5.73 Å². The van der Waals surface area contributed by atoms with Crippen molar-refractivity contribution >= 4 is 10.8 Å². The van der Waals surface area contributed by atoms with Crippen LogP contribution in [0.1, 0.15) is 20.3 Å². The molecule has 0 spiro atoms. The number of nitrogens with two attached hydrogens (primary N) is 1. The molecule has 0 aliphatic carbocycles. The van der Waals surface area contributed by atoms with Gasteiger partial charge in [-0.2, -0.15) is 13.2 Å². The molecule has 92 valence electrons. The number of halogens is 3. The van der Waals surface area contributed by atoms with Crippen LogP contribution >= 0.6 is 0 Å². The lowest BCUT2D eigenvalue weighted by Gasteiger charge is -2.17. The Morgan fingerprint density at radius 2 is 1.87 bits per heavy atom. The molecule has 2 unspecified atom stereocenters. The summed E-state index contributed by atoms with van der Waals surface area (Å²) >= 11 is 0. The summed E-state index contributed by atoms with van der Waals surface area (Å²) in [5, 5.41) is 0. The summed E-state index contributed by atoms with van der Waals surface area (Å²) in [7, 11) is -1.42. The zero-order valence-corrected chi connectivity index (χ0v) is 9.83. The summed E-state index contributed by atoms with van der Waals surface area (Å²) in [6.45, 7) is 3.40. The Bertz CT molecular complexity index is 206. The average Bonchev–Trinajstić information content (AvgIpc) is 2.08.